The fourth-order valence-corrected chi connectivity index (χ4v) is 2.75. The van der Waals surface area contributed by atoms with Crippen LogP contribution in [0, 0.1) is 0 Å². The maximum atomic E-state index is 6.19. The van der Waals surface area contributed by atoms with E-state index in [1.807, 2.05) is 30.6 Å². The molecule has 0 spiro atoms. The molecule has 2 aromatic rings. The Morgan fingerprint density at radius 1 is 1.42 bits per heavy atom. The van der Waals surface area contributed by atoms with Crippen LogP contribution in [0.3, 0.4) is 0 Å². The Kier molecular flexibility index (Phi) is 5.19. The molecule has 0 saturated heterocycles. The zero-order valence-corrected chi connectivity index (χ0v) is 12.6. The van der Waals surface area contributed by atoms with Gasteiger partial charge in [-0.1, -0.05) is 30.7 Å². The molecule has 0 aliphatic carbocycles. The van der Waals surface area contributed by atoms with Gasteiger partial charge in [0.2, 0.25) is 0 Å². The number of hydrogen-bond donors (Lipinski definition) is 1. The van der Waals surface area contributed by atoms with E-state index in [0.29, 0.717) is 11.6 Å². The van der Waals surface area contributed by atoms with Crippen molar-refractivity contribution in [1.29, 1.82) is 0 Å². The number of rotatable bonds is 6. The minimum Gasteiger partial charge on any atom is -0.485 e. The Morgan fingerprint density at radius 2 is 2.26 bits per heavy atom. The Hall–Kier alpha value is -1.10. The number of hydrogen-bond acceptors (Lipinski definition) is 4. The highest BCUT2D eigenvalue weighted by atomic mass is 35.5. The number of ether oxygens (including phenoxy) is 1. The highest BCUT2D eigenvalue weighted by Gasteiger charge is 2.09. The molecule has 5 heteroatoms. The fourth-order valence-electron chi connectivity index (χ4n) is 1.77. The maximum Gasteiger partial charge on any atom is 0.142 e. The van der Waals surface area contributed by atoms with Crippen molar-refractivity contribution < 1.29 is 4.74 Å². The molecule has 0 unspecified atom stereocenters. The molecule has 0 amide bonds. The van der Waals surface area contributed by atoms with Crippen LogP contribution in [0.2, 0.25) is 5.02 Å². The van der Waals surface area contributed by atoms with Gasteiger partial charge in [0.25, 0.3) is 0 Å². The maximum absolute atomic E-state index is 6.19. The van der Waals surface area contributed by atoms with Crippen molar-refractivity contribution in [2.24, 2.45) is 0 Å². The van der Waals surface area contributed by atoms with Gasteiger partial charge in [-0.2, -0.15) is 0 Å². The van der Waals surface area contributed by atoms with Crippen LogP contribution in [-0.2, 0) is 19.6 Å². The quantitative estimate of drug-likeness (QED) is 0.883. The molecule has 0 fully saturated rings. The Labute approximate surface area is 122 Å². The van der Waals surface area contributed by atoms with Crippen LogP contribution < -0.4 is 10.1 Å². The van der Waals surface area contributed by atoms with Crippen molar-refractivity contribution in [3.05, 3.63) is 44.9 Å². The van der Waals surface area contributed by atoms with E-state index in [4.69, 9.17) is 16.3 Å². The first-order valence-corrected chi connectivity index (χ1v) is 7.48. The predicted molar refractivity (Wildman–Crippen MR) is 80.0 cm³/mol. The largest absolute Gasteiger partial charge is 0.485 e. The Morgan fingerprint density at radius 3 is 2.95 bits per heavy atom. The number of benzene rings is 1. The number of aryl methyl sites for hydroxylation is 1. The van der Waals surface area contributed by atoms with Gasteiger partial charge in [-0.3, -0.25) is 0 Å². The summed E-state index contributed by atoms with van der Waals surface area (Å²) in [5.41, 5.74) is 2.01. The van der Waals surface area contributed by atoms with E-state index in [0.717, 1.165) is 35.0 Å². The number of thiazole rings is 1. The molecule has 19 heavy (non-hydrogen) atoms. The van der Waals surface area contributed by atoms with Gasteiger partial charge < -0.3 is 10.1 Å². The molecule has 2 rings (SSSR count). The second kappa shape index (κ2) is 6.89. The summed E-state index contributed by atoms with van der Waals surface area (Å²) >= 11 is 7.86. The van der Waals surface area contributed by atoms with E-state index < -0.39 is 0 Å². The topological polar surface area (TPSA) is 34.1 Å². The summed E-state index contributed by atoms with van der Waals surface area (Å²) in [6.07, 6.45) is 0.960. The second-order valence-corrected chi connectivity index (χ2v) is 5.48. The lowest BCUT2D eigenvalue weighted by molar-refractivity contribution is 0.298. The third-order valence-electron chi connectivity index (χ3n) is 2.68. The fraction of sp³-hybridized carbons (Fsp3) is 0.357. The monoisotopic (exact) mass is 296 g/mol. The molecule has 1 N–H and O–H groups in total. The number of nitrogens with one attached hydrogen (secondary N) is 1. The van der Waals surface area contributed by atoms with E-state index in [1.54, 1.807) is 11.3 Å². The normalized spacial score (nSPS) is 10.7. The van der Waals surface area contributed by atoms with Crippen molar-refractivity contribution in [1.82, 2.24) is 10.3 Å². The van der Waals surface area contributed by atoms with Crippen molar-refractivity contribution in [3.8, 4) is 5.75 Å². The van der Waals surface area contributed by atoms with Crippen LogP contribution in [0.15, 0.2) is 23.6 Å². The Bertz CT molecular complexity index is 542. The molecule has 0 aliphatic heterocycles. The van der Waals surface area contributed by atoms with Crippen molar-refractivity contribution in [2.75, 3.05) is 7.05 Å². The molecule has 0 radical (unpaired) electrons. The molecule has 1 heterocycles. The minimum atomic E-state index is 0.455. The smallest absolute Gasteiger partial charge is 0.142 e. The van der Waals surface area contributed by atoms with Gasteiger partial charge in [-0.15, -0.1) is 11.3 Å². The number of halogens is 1. The third kappa shape index (κ3) is 3.69. The molecular weight excluding hydrogens is 280 g/mol. The molecule has 0 atom stereocenters. The van der Waals surface area contributed by atoms with Crippen LogP contribution in [0.5, 0.6) is 5.75 Å². The first-order chi connectivity index (χ1) is 9.24. The van der Waals surface area contributed by atoms with E-state index in [9.17, 15) is 0 Å². The molecular formula is C14H17ClN2OS. The molecule has 1 aromatic heterocycles. The summed E-state index contributed by atoms with van der Waals surface area (Å²) in [6.45, 7) is 3.28. The summed E-state index contributed by atoms with van der Waals surface area (Å²) in [5, 5.41) is 6.92. The van der Waals surface area contributed by atoms with Crippen molar-refractivity contribution >= 4 is 22.9 Å². The highest BCUT2D eigenvalue weighted by Crippen LogP contribution is 2.29. The van der Waals surface area contributed by atoms with Gasteiger partial charge in [0.1, 0.15) is 12.4 Å². The van der Waals surface area contributed by atoms with E-state index in [2.05, 4.69) is 17.2 Å². The molecule has 102 valence electrons. The van der Waals surface area contributed by atoms with Gasteiger partial charge in [0.15, 0.2) is 0 Å². The third-order valence-corrected chi connectivity index (χ3v) is 4.02. The van der Waals surface area contributed by atoms with Crippen LogP contribution >= 0.6 is 22.9 Å². The summed E-state index contributed by atoms with van der Waals surface area (Å²) < 4.78 is 5.84. The lowest BCUT2D eigenvalue weighted by Gasteiger charge is -2.12. The van der Waals surface area contributed by atoms with E-state index in [1.165, 1.54) is 0 Å². The number of aromatic nitrogens is 1. The highest BCUT2D eigenvalue weighted by molar-refractivity contribution is 7.09. The predicted octanol–water partition coefficient (Wildman–Crippen LogP) is 3.66. The summed E-state index contributed by atoms with van der Waals surface area (Å²) in [7, 11) is 1.90. The molecule has 0 bridgehead atoms. The molecule has 0 saturated carbocycles. The SMILES string of the molecule is CCc1nc(COc2c(Cl)cccc2CNC)cs1. The van der Waals surface area contributed by atoms with Crippen molar-refractivity contribution in [2.45, 2.75) is 26.5 Å². The average molecular weight is 297 g/mol. The Balaban J connectivity index is 2.09. The molecule has 0 aliphatic rings. The van der Waals surface area contributed by atoms with Crippen LogP contribution in [0.25, 0.3) is 0 Å². The summed E-state index contributed by atoms with van der Waals surface area (Å²) in [5.74, 6) is 0.740. The van der Waals surface area contributed by atoms with Crippen LogP contribution in [0.4, 0.5) is 0 Å². The zero-order valence-electron chi connectivity index (χ0n) is 11.1. The summed E-state index contributed by atoms with van der Waals surface area (Å²) in [6, 6.07) is 5.78. The lowest BCUT2D eigenvalue weighted by atomic mass is 10.2. The van der Waals surface area contributed by atoms with Gasteiger partial charge in [-0.25, -0.2) is 4.98 Å². The zero-order chi connectivity index (χ0) is 13.7. The average Bonchev–Trinajstić information content (AvgIpc) is 2.86. The van der Waals surface area contributed by atoms with E-state index in [-0.39, 0.29) is 0 Å². The number of nitrogens with zero attached hydrogens (tertiary/aromatic N) is 1. The standard InChI is InChI=1S/C14H17ClN2OS/c1-3-13-17-11(9-19-13)8-18-14-10(7-16-2)5-4-6-12(14)15/h4-6,9,16H,3,7-8H2,1-2H3. The van der Waals surface area contributed by atoms with Crippen LogP contribution in [-0.4, -0.2) is 12.0 Å². The molecule has 3 nitrogen and oxygen atoms in total. The molecule has 1 aromatic carbocycles. The van der Waals surface area contributed by atoms with Crippen molar-refractivity contribution in [3.63, 3.8) is 0 Å². The van der Waals surface area contributed by atoms with Gasteiger partial charge >= 0.3 is 0 Å². The number of para-hydroxylation sites is 1. The first kappa shape index (κ1) is 14.3. The summed E-state index contributed by atoms with van der Waals surface area (Å²) in [4.78, 5) is 4.48. The lowest BCUT2D eigenvalue weighted by Crippen LogP contribution is -2.08. The van der Waals surface area contributed by atoms with Gasteiger partial charge in [-0.05, 0) is 19.5 Å². The van der Waals surface area contributed by atoms with E-state index >= 15 is 0 Å². The second-order valence-electron chi connectivity index (χ2n) is 4.13. The van der Waals surface area contributed by atoms with Crippen LogP contribution in [0.1, 0.15) is 23.2 Å². The first-order valence-electron chi connectivity index (χ1n) is 6.22. The van der Waals surface area contributed by atoms with Gasteiger partial charge in [0, 0.05) is 17.5 Å². The minimum absolute atomic E-state index is 0.455. The van der Waals surface area contributed by atoms with Gasteiger partial charge in [0.05, 0.1) is 15.7 Å².